The highest BCUT2D eigenvalue weighted by Gasteiger charge is 2.27. The average Bonchev–Trinajstić information content (AvgIpc) is 2.88. The number of fused-ring (bicyclic) bond motifs is 3. The van der Waals surface area contributed by atoms with Crippen LogP contribution in [0.3, 0.4) is 0 Å². The summed E-state index contributed by atoms with van der Waals surface area (Å²) in [5.41, 5.74) is 3.32. The Labute approximate surface area is 132 Å². The summed E-state index contributed by atoms with van der Waals surface area (Å²) in [7, 11) is 1.60. The number of aromatic nitrogens is 1. The van der Waals surface area contributed by atoms with Crippen LogP contribution in [-0.4, -0.2) is 17.6 Å². The highest BCUT2D eigenvalue weighted by atomic mass is 16.5. The van der Waals surface area contributed by atoms with Crippen LogP contribution < -0.4 is 10.3 Å². The molecule has 0 saturated carbocycles. The zero-order chi connectivity index (χ0) is 16.0. The minimum absolute atomic E-state index is 0.266. The summed E-state index contributed by atoms with van der Waals surface area (Å²) >= 11 is 0. The monoisotopic (exact) mass is 303 g/mol. The maximum atomic E-state index is 12.4. The second-order valence-electron chi connectivity index (χ2n) is 5.39. The summed E-state index contributed by atoms with van der Waals surface area (Å²) in [4.78, 5) is 24.8. The van der Waals surface area contributed by atoms with Crippen LogP contribution in [0.4, 0.5) is 0 Å². The molecule has 0 saturated heterocycles. The van der Waals surface area contributed by atoms with Crippen molar-refractivity contribution in [1.29, 1.82) is 0 Å². The Bertz CT molecular complexity index is 1000. The van der Waals surface area contributed by atoms with Crippen molar-refractivity contribution in [2.24, 2.45) is 0 Å². The maximum absolute atomic E-state index is 12.4. The third-order valence-electron chi connectivity index (χ3n) is 4.07. The number of rotatable bonds is 2. The van der Waals surface area contributed by atoms with E-state index in [1.54, 1.807) is 19.2 Å². The van der Waals surface area contributed by atoms with E-state index < -0.39 is 0 Å². The van der Waals surface area contributed by atoms with Crippen LogP contribution in [0.1, 0.15) is 10.4 Å². The molecule has 1 aliphatic heterocycles. The van der Waals surface area contributed by atoms with Gasteiger partial charge in [-0.15, -0.1) is 0 Å². The summed E-state index contributed by atoms with van der Waals surface area (Å²) in [5.74, 6) is 0.456. The summed E-state index contributed by atoms with van der Waals surface area (Å²) in [6, 6.07) is 18.1. The predicted molar refractivity (Wildman–Crippen MR) is 87.9 cm³/mol. The summed E-state index contributed by atoms with van der Waals surface area (Å²) < 4.78 is 6.47. The minimum Gasteiger partial charge on any atom is -0.497 e. The van der Waals surface area contributed by atoms with Gasteiger partial charge in [0.25, 0.3) is 11.5 Å². The van der Waals surface area contributed by atoms with Gasteiger partial charge in [-0.25, -0.2) is 4.57 Å². The number of hydrogen-bond donors (Lipinski definition) is 0. The lowest BCUT2D eigenvalue weighted by molar-refractivity contribution is 0.0965. The fraction of sp³-hybridized carbons (Fsp3) is 0.0526. The van der Waals surface area contributed by atoms with Gasteiger partial charge >= 0.3 is 0 Å². The first-order valence-corrected chi connectivity index (χ1v) is 7.24. The first-order chi connectivity index (χ1) is 11.2. The summed E-state index contributed by atoms with van der Waals surface area (Å²) in [5, 5.41) is 0. The zero-order valence-corrected chi connectivity index (χ0v) is 12.4. The highest BCUT2D eigenvalue weighted by molar-refractivity contribution is 6.09. The number of ether oxygens (including phenoxy) is 1. The summed E-state index contributed by atoms with van der Waals surface area (Å²) in [6.07, 6.45) is 0. The first-order valence-electron chi connectivity index (χ1n) is 7.24. The Morgan fingerprint density at radius 1 is 0.826 bits per heavy atom. The van der Waals surface area contributed by atoms with Crippen molar-refractivity contribution in [2.45, 2.75) is 0 Å². The van der Waals surface area contributed by atoms with Gasteiger partial charge in [0.1, 0.15) is 5.75 Å². The lowest BCUT2D eigenvalue weighted by atomic mass is 10.0. The van der Waals surface area contributed by atoms with Crippen LogP contribution in [0.15, 0.2) is 65.5 Å². The van der Waals surface area contributed by atoms with Crippen molar-refractivity contribution < 1.29 is 9.53 Å². The van der Waals surface area contributed by atoms with E-state index in [4.69, 9.17) is 4.74 Å². The van der Waals surface area contributed by atoms with E-state index in [-0.39, 0.29) is 11.5 Å². The Morgan fingerprint density at radius 2 is 1.61 bits per heavy atom. The number of benzene rings is 2. The molecule has 0 unspecified atom stereocenters. The van der Waals surface area contributed by atoms with Gasteiger partial charge in [-0.3, -0.25) is 9.59 Å². The van der Waals surface area contributed by atoms with E-state index >= 15 is 0 Å². The largest absolute Gasteiger partial charge is 0.497 e. The fourth-order valence-electron chi connectivity index (χ4n) is 2.96. The molecule has 0 atom stereocenters. The van der Waals surface area contributed by atoms with E-state index in [2.05, 4.69) is 0 Å². The van der Waals surface area contributed by atoms with E-state index in [0.29, 0.717) is 11.3 Å². The standard InChI is InChI=1S/C19H13NO3/c1-23-14-6-4-5-12(9-14)13-10-17-15-7-2-3-8-16(15)19(22)20(17)18(21)11-13/h2-11H,1H3. The molecule has 0 radical (unpaired) electrons. The van der Waals surface area contributed by atoms with Crippen LogP contribution in [0.5, 0.6) is 5.75 Å². The Kier molecular flexibility index (Phi) is 2.91. The normalized spacial score (nSPS) is 12.0. The SMILES string of the molecule is COc1cccc(-c2cc3n(c(=O)c2)C(=O)c2ccccc2-3)c1. The van der Waals surface area contributed by atoms with Crippen LogP contribution >= 0.6 is 0 Å². The molecular formula is C19H13NO3. The van der Waals surface area contributed by atoms with Gasteiger partial charge in [-0.2, -0.15) is 0 Å². The zero-order valence-electron chi connectivity index (χ0n) is 12.4. The van der Waals surface area contributed by atoms with E-state index in [9.17, 15) is 9.59 Å². The van der Waals surface area contributed by atoms with Gasteiger partial charge in [0, 0.05) is 17.2 Å². The molecule has 0 bridgehead atoms. The molecule has 2 aromatic carbocycles. The number of hydrogen-bond acceptors (Lipinski definition) is 3. The third-order valence-corrected chi connectivity index (χ3v) is 4.07. The topological polar surface area (TPSA) is 48.3 Å². The Morgan fingerprint density at radius 3 is 2.39 bits per heavy atom. The van der Waals surface area contributed by atoms with Crippen molar-refractivity contribution in [3.8, 4) is 28.1 Å². The fourth-order valence-corrected chi connectivity index (χ4v) is 2.96. The van der Waals surface area contributed by atoms with Gasteiger partial charge in [0.2, 0.25) is 0 Å². The number of methoxy groups -OCH3 is 1. The van der Waals surface area contributed by atoms with E-state index in [1.807, 2.05) is 42.5 Å². The van der Waals surface area contributed by atoms with Gasteiger partial charge in [-0.1, -0.05) is 30.3 Å². The molecule has 1 aromatic heterocycles. The quantitative estimate of drug-likeness (QED) is 0.571. The van der Waals surface area contributed by atoms with Crippen molar-refractivity contribution in [1.82, 2.24) is 4.57 Å². The van der Waals surface area contributed by atoms with Crippen LogP contribution in [0.2, 0.25) is 0 Å². The second-order valence-corrected chi connectivity index (χ2v) is 5.39. The first kappa shape index (κ1) is 13.5. The molecule has 0 N–H and O–H groups in total. The molecule has 112 valence electrons. The van der Waals surface area contributed by atoms with Crippen molar-refractivity contribution in [2.75, 3.05) is 7.11 Å². The molecule has 0 aliphatic carbocycles. The minimum atomic E-state index is -0.318. The molecule has 4 heteroatoms. The van der Waals surface area contributed by atoms with Gasteiger partial charge in [0.15, 0.2) is 0 Å². The number of carbonyl (C=O) groups is 1. The molecule has 3 aromatic rings. The molecule has 0 fully saturated rings. The van der Waals surface area contributed by atoms with E-state index in [1.165, 1.54) is 10.6 Å². The van der Waals surface area contributed by atoms with E-state index in [0.717, 1.165) is 22.4 Å². The third kappa shape index (κ3) is 1.99. The number of carbonyl (C=O) groups excluding carboxylic acids is 1. The van der Waals surface area contributed by atoms with Gasteiger partial charge < -0.3 is 4.74 Å². The molecule has 4 rings (SSSR count). The van der Waals surface area contributed by atoms with Crippen LogP contribution in [0, 0.1) is 0 Å². The number of nitrogens with zero attached hydrogens (tertiary/aromatic N) is 1. The molecule has 1 aliphatic rings. The molecule has 23 heavy (non-hydrogen) atoms. The van der Waals surface area contributed by atoms with Crippen molar-refractivity contribution in [3.63, 3.8) is 0 Å². The second kappa shape index (κ2) is 4.95. The van der Waals surface area contributed by atoms with Crippen molar-refractivity contribution in [3.05, 3.63) is 76.6 Å². The average molecular weight is 303 g/mol. The van der Waals surface area contributed by atoms with Gasteiger partial charge in [0.05, 0.1) is 12.8 Å². The summed E-state index contributed by atoms with van der Waals surface area (Å²) in [6.45, 7) is 0. The lowest BCUT2D eigenvalue weighted by Crippen LogP contribution is -2.23. The van der Waals surface area contributed by atoms with Gasteiger partial charge in [-0.05, 0) is 35.4 Å². The molecular weight excluding hydrogens is 290 g/mol. The molecule has 0 spiro atoms. The lowest BCUT2D eigenvalue weighted by Gasteiger charge is -2.08. The predicted octanol–water partition coefficient (Wildman–Crippen LogP) is 3.19. The molecule has 0 amide bonds. The van der Waals surface area contributed by atoms with Crippen LogP contribution in [-0.2, 0) is 0 Å². The Balaban J connectivity index is 1.96. The Hall–Kier alpha value is -3.14. The molecule has 2 heterocycles. The van der Waals surface area contributed by atoms with Crippen molar-refractivity contribution >= 4 is 5.91 Å². The smallest absolute Gasteiger partial charge is 0.266 e. The molecule has 4 nitrogen and oxygen atoms in total. The highest BCUT2D eigenvalue weighted by Crippen LogP contribution is 2.33. The number of pyridine rings is 1. The maximum Gasteiger partial charge on any atom is 0.266 e. The van der Waals surface area contributed by atoms with Crippen LogP contribution in [0.25, 0.3) is 22.4 Å².